The Balaban J connectivity index is 2.89. The molecule has 82 valence electrons. The second-order valence-corrected chi connectivity index (χ2v) is 8.93. The molecule has 0 unspecified atom stereocenters. The van der Waals surface area contributed by atoms with Crippen LogP contribution in [-0.2, 0) is 4.43 Å². The molecular weight excluding hydrogens is 216 g/mol. The van der Waals surface area contributed by atoms with Gasteiger partial charge in [0, 0.05) is 0 Å². The van der Waals surface area contributed by atoms with Crippen LogP contribution in [0.1, 0.15) is 17.2 Å². The molecule has 0 aliphatic rings. The Kier molecular flexibility index (Phi) is 3.84. The van der Waals surface area contributed by atoms with Crippen molar-refractivity contribution in [1.82, 2.24) is 0 Å². The van der Waals surface area contributed by atoms with Crippen molar-refractivity contribution in [2.45, 2.75) is 25.7 Å². The van der Waals surface area contributed by atoms with Crippen molar-refractivity contribution >= 4 is 8.32 Å². The SMILES string of the molecule is C[Si](C)(C)O[C@H](C#N)c1ccc(C#N)cc1. The van der Waals surface area contributed by atoms with Crippen molar-refractivity contribution in [3.63, 3.8) is 0 Å². The first kappa shape index (κ1) is 12.4. The van der Waals surface area contributed by atoms with Gasteiger partial charge in [-0.15, -0.1) is 0 Å². The lowest BCUT2D eigenvalue weighted by Gasteiger charge is -2.21. The first-order valence-electron chi connectivity index (χ1n) is 5.04. The van der Waals surface area contributed by atoms with Crippen LogP contribution in [0.2, 0.25) is 19.6 Å². The largest absolute Gasteiger partial charge is 0.399 e. The minimum Gasteiger partial charge on any atom is -0.399 e. The number of benzene rings is 1. The normalized spacial score (nSPS) is 12.6. The zero-order valence-electron chi connectivity index (χ0n) is 9.69. The van der Waals surface area contributed by atoms with Gasteiger partial charge in [-0.2, -0.15) is 10.5 Å². The van der Waals surface area contributed by atoms with E-state index in [0.717, 1.165) is 5.56 Å². The van der Waals surface area contributed by atoms with Crippen molar-refractivity contribution < 1.29 is 4.43 Å². The van der Waals surface area contributed by atoms with E-state index in [1.54, 1.807) is 24.3 Å². The van der Waals surface area contributed by atoms with Crippen LogP contribution in [0.15, 0.2) is 24.3 Å². The maximum Gasteiger partial charge on any atom is 0.186 e. The van der Waals surface area contributed by atoms with Gasteiger partial charge in [-0.3, -0.25) is 0 Å². The zero-order valence-corrected chi connectivity index (χ0v) is 10.7. The number of nitriles is 2. The zero-order chi connectivity index (χ0) is 12.2. The van der Waals surface area contributed by atoms with E-state index in [2.05, 4.69) is 6.07 Å². The molecule has 16 heavy (non-hydrogen) atoms. The Morgan fingerprint density at radius 2 is 1.69 bits per heavy atom. The quantitative estimate of drug-likeness (QED) is 0.750. The van der Waals surface area contributed by atoms with E-state index in [4.69, 9.17) is 14.9 Å². The van der Waals surface area contributed by atoms with Crippen LogP contribution in [0.25, 0.3) is 0 Å². The first-order valence-corrected chi connectivity index (χ1v) is 8.44. The second-order valence-electron chi connectivity index (χ2n) is 4.47. The molecule has 0 bridgehead atoms. The monoisotopic (exact) mass is 230 g/mol. The molecule has 1 aromatic rings. The van der Waals surface area contributed by atoms with Gasteiger partial charge < -0.3 is 4.43 Å². The fourth-order valence-corrected chi connectivity index (χ4v) is 2.15. The van der Waals surface area contributed by atoms with Gasteiger partial charge in [-0.05, 0) is 37.3 Å². The summed E-state index contributed by atoms with van der Waals surface area (Å²) in [6.45, 7) is 6.13. The molecule has 3 nitrogen and oxygen atoms in total. The lowest BCUT2D eigenvalue weighted by atomic mass is 10.1. The van der Waals surface area contributed by atoms with E-state index in [1.165, 1.54) is 0 Å². The predicted molar refractivity (Wildman–Crippen MR) is 63.9 cm³/mol. The molecule has 0 fully saturated rings. The Labute approximate surface area is 97.0 Å². The summed E-state index contributed by atoms with van der Waals surface area (Å²) in [6.07, 6.45) is -0.528. The van der Waals surface area contributed by atoms with Gasteiger partial charge >= 0.3 is 0 Å². The van der Waals surface area contributed by atoms with E-state index >= 15 is 0 Å². The molecular formula is C12H14N2OSi. The van der Waals surface area contributed by atoms with Crippen LogP contribution in [0.4, 0.5) is 0 Å². The molecule has 0 radical (unpaired) electrons. The third-order valence-corrected chi connectivity index (χ3v) is 2.87. The summed E-state index contributed by atoms with van der Waals surface area (Å²) >= 11 is 0. The Morgan fingerprint density at radius 3 is 2.06 bits per heavy atom. The number of nitrogens with zero attached hydrogens (tertiary/aromatic N) is 2. The van der Waals surface area contributed by atoms with Gasteiger partial charge in [0.1, 0.15) is 0 Å². The summed E-state index contributed by atoms with van der Waals surface area (Å²) in [5, 5.41) is 17.7. The molecule has 0 amide bonds. The Bertz CT molecular complexity index is 434. The van der Waals surface area contributed by atoms with Gasteiger partial charge in [-0.25, -0.2) is 0 Å². The molecule has 1 aromatic carbocycles. The third-order valence-electron chi connectivity index (χ3n) is 1.93. The molecule has 0 saturated heterocycles. The van der Waals surface area contributed by atoms with Gasteiger partial charge in [0.25, 0.3) is 0 Å². The summed E-state index contributed by atoms with van der Waals surface area (Å²) in [4.78, 5) is 0. The van der Waals surface area contributed by atoms with Gasteiger partial charge in [0.05, 0.1) is 17.7 Å². The number of hydrogen-bond donors (Lipinski definition) is 0. The molecule has 0 aliphatic carbocycles. The molecule has 1 rings (SSSR count). The molecule has 0 heterocycles. The number of hydrogen-bond acceptors (Lipinski definition) is 3. The maximum atomic E-state index is 9.05. The van der Waals surface area contributed by atoms with Crippen LogP contribution < -0.4 is 0 Å². The Hall–Kier alpha value is -1.62. The number of rotatable bonds is 3. The molecule has 1 atom stereocenters. The molecule has 0 aliphatic heterocycles. The summed E-state index contributed by atoms with van der Waals surface area (Å²) < 4.78 is 5.74. The van der Waals surface area contributed by atoms with Crippen LogP contribution in [0.3, 0.4) is 0 Å². The highest BCUT2D eigenvalue weighted by molar-refractivity contribution is 6.69. The van der Waals surface area contributed by atoms with E-state index in [-0.39, 0.29) is 0 Å². The highest BCUT2D eigenvalue weighted by atomic mass is 28.4. The summed E-state index contributed by atoms with van der Waals surface area (Å²) in [5.41, 5.74) is 1.40. The van der Waals surface area contributed by atoms with E-state index in [0.29, 0.717) is 5.56 Å². The van der Waals surface area contributed by atoms with Crippen molar-refractivity contribution in [3.05, 3.63) is 35.4 Å². The van der Waals surface area contributed by atoms with Crippen molar-refractivity contribution in [2.75, 3.05) is 0 Å². The molecule has 0 N–H and O–H groups in total. The average Bonchev–Trinajstić information content (AvgIpc) is 2.25. The van der Waals surface area contributed by atoms with Crippen LogP contribution >= 0.6 is 0 Å². The van der Waals surface area contributed by atoms with Crippen LogP contribution in [-0.4, -0.2) is 8.32 Å². The summed E-state index contributed by atoms with van der Waals surface area (Å²) in [5.74, 6) is 0. The summed E-state index contributed by atoms with van der Waals surface area (Å²) in [7, 11) is -1.73. The van der Waals surface area contributed by atoms with E-state index in [1.807, 2.05) is 25.7 Å². The first-order chi connectivity index (χ1) is 7.46. The van der Waals surface area contributed by atoms with Crippen molar-refractivity contribution in [3.8, 4) is 12.1 Å². The lowest BCUT2D eigenvalue weighted by Crippen LogP contribution is -2.27. The second kappa shape index (κ2) is 4.94. The van der Waals surface area contributed by atoms with E-state index < -0.39 is 14.4 Å². The van der Waals surface area contributed by atoms with Crippen LogP contribution in [0.5, 0.6) is 0 Å². The minimum atomic E-state index is -1.73. The molecule has 4 heteroatoms. The van der Waals surface area contributed by atoms with Crippen molar-refractivity contribution in [2.24, 2.45) is 0 Å². The topological polar surface area (TPSA) is 56.8 Å². The highest BCUT2D eigenvalue weighted by Gasteiger charge is 2.21. The minimum absolute atomic E-state index is 0.528. The van der Waals surface area contributed by atoms with Gasteiger partial charge in [-0.1, -0.05) is 12.1 Å². The predicted octanol–water partition coefficient (Wildman–Crippen LogP) is 2.97. The highest BCUT2D eigenvalue weighted by Crippen LogP contribution is 2.21. The van der Waals surface area contributed by atoms with Gasteiger partial charge in [0.15, 0.2) is 14.4 Å². The van der Waals surface area contributed by atoms with Crippen molar-refractivity contribution in [1.29, 1.82) is 10.5 Å². The molecule has 0 saturated carbocycles. The standard InChI is InChI=1S/C12H14N2OSi/c1-16(2,3)15-12(9-14)11-6-4-10(8-13)5-7-11/h4-7,12H,1-3H3/t12-/m1/s1. The third kappa shape index (κ3) is 3.51. The average molecular weight is 230 g/mol. The smallest absolute Gasteiger partial charge is 0.186 e. The molecule has 0 spiro atoms. The maximum absolute atomic E-state index is 9.05. The van der Waals surface area contributed by atoms with Gasteiger partial charge in [0.2, 0.25) is 0 Å². The fraction of sp³-hybridized carbons (Fsp3) is 0.333. The molecule has 0 aromatic heterocycles. The summed E-state index contributed by atoms with van der Waals surface area (Å²) in [6, 6.07) is 11.1. The fourth-order valence-electron chi connectivity index (χ4n) is 1.25. The van der Waals surface area contributed by atoms with Crippen LogP contribution in [0, 0.1) is 22.7 Å². The lowest BCUT2D eigenvalue weighted by molar-refractivity contribution is 0.255. The Morgan fingerprint density at radius 1 is 1.12 bits per heavy atom. The van der Waals surface area contributed by atoms with E-state index in [9.17, 15) is 0 Å².